The predicted molar refractivity (Wildman–Crippen MR) is 97.8 cm³/mol. The lowest BCUT2D eigenvalue weighted by atomic mass is 10.1. The molecule has 4 rings (SSSR count). The van der Waals surface area contributed by atoms with E-state index in [0.717, 1.165) is 24.1 Å². The molecular formula is C20H28N4. The van der Waals surface area contributed by atoms with Crippen molar-refractivity contribution in [2.24, 2.45) is 0 Å². The highest BCUT2D eigenvalue weighted by atomic mass is 15.2. The van der Waals surface area contributed by atoms with E-state index >= 15 is 0 Å². The molecule has 1 aromatic carbocycles. The fourth-order valence-corrected chi connectivity index (χ4v) is 3.98. The second-order valence-corrected chi connectivity index (χ2v) is 7.28. The highest BCUT2D eigenvalue weighted by Gasteiger charge is 2.18. The van der Waals surface area contributed by atoms with Crippen LogP contribution in [0.1, 0.15) is 49.9 Å². The van der Waals surface area contributed by atoms with Crippen molar-refractivity contribution in [3.8, 4) is 0 Å². The molecular weight excluding hydrogens is 296 g/mol. The maximum absolute atomic E-state index is 5.00. The minimum absolute atomic E-state index is 0.959. The molecule has 0 saturated carbocycles. The summed E-state index contributed by atoms with van der Waals surface area (Å²) in [5.41, 5.74) is 4.46. The van der Waals surface area contributed by atoms with Crippen molar-refractivity contribution >= 4 is 11.0 Å². The average Bonchev–Trinajstić information content (AvgIpc) is 2.64. The van der Waals surface area contributed by atoms with Gasteiger partial charge in [-0.05, 0) is 64.0 Å². The number of fused-ring (bicyclic) bond motifs is 1. The van der Waals surface area contributed by atoms with Crippen LogP contribution < -0.4 is 0 Å². The number of hydrogen-bond acceptors (Lipinski definition) is 4. The fraction of sp³-hybridized carbons (Fsp3) is 0.600. The van der Waals surface area contributed by atoms with E-state index in [2.05, 4.69) is 34.1 Å². The molecule has 2 fully saturated rings. The molecule has 1 aromatic heterocycles. The van der Waals surface area contributed by atoms with E-state index in [-0.39, 0.29) is 0 Å². The minimum Gasteiger partial charge on any atom is -0.297 e. The summed E-state index contributed by atoms with van der Waals surface area (Å²) in [7, 11) is 0. The Morgan fingerprint density at radius 2 is 1.04 bits per heavy atom. The number of para-hydroxylation sites is 2. The third kappa shape index (κ3) is 3.76. The van der Waals surface area contributed by atoms with Gasteiger partial charge in [0.15, 0.2) is 0 Å². The molecule has 2 aromatic rings. The molecule has 0 unspecified atom stereocenters. The maximum atomic E-state index is 5.00. The van der Waals surface area contributed by atoms with E-state index in [1.807, 2.05) is 0 Å². The summed E-state index contributed by atoms with van der Waals surface area (Å²) in [6.45, 7) is 6.74. The summed E-state index contributed by atoms with van der Waals surface area (Å²) in [5.74, 6) is 0. The zero-order valence-corrected chi connectivity index (χ0v) is 14.6. The molecule has 4 heteroatoms. The van der Waals surface area contributed by atoms with Gasteiger partial charge in [0.1, 0.15) is 0 Å². The first-order valence-corrected chi connectivity index (χ1v) is 9.58. The van der Waals surface area contributed by atoms with Crippen LogP contribution in [-0.4, -0.2) is 45.9 Å². The van der Waals surface area contributed by atoms with Gasteiger partial charge >= 0.3 is 0 Å². The Morgan fingerprint density at radius 3 is 1.46 bits per heavy atom. The Labute approximate surface area is 144 Å². The molecule has 0 N–H and O–H groups in total. The third-order valence-corrected chi connectivity index (χ3v) is 5.37. The number of piperidine rings is 2. The normalized spacial score (nSPS) is 20.5. The van der Waals surface area contributed by atoms with Gasteiger partial charge in [0, 0.05) is 13.1 Å². The number of rotatable bonds is 4. The van der Waals surface area contributed by atoms with Gasteiger partial charge in [0.25, 0.3) is 0 Å². The molecule has 0 radical (unpaired) electrons. The lowest BCUT2D eigenvalue weighted by Gasteiger charge is -2.29. The summed E-state index contributed by atoms with van der Waals surface area (Å²) < 4.78 is 0. The van der Waals surface area contributed by atoms with Crippen LogP contribution in [0.25, 0.3) is 11.0 Å². The maximum Gasteiger partial charge on any atom is 0.0890 e. The molecule has 4 nitrogen and oxygen atoms in total. The third-order valence-electron chi connectivity index (χ3n) is 5.37. The number of likely N-dealkylation sites (tertiary alicyclic amines) is 2. The van der Waals surface area contributed by atoms with Crippen LogP contribution in [0.4, 0.5) is 0 Å². The van der Waals surface area contributed by atoms with Crippen LogP contribution in [0.3, 0.4) is 0 Å². The first-order chi connectivity index (χ1) is 11.9. The molecule has 24 heavy (non-hydrogen) atoms. The van der Waals surface area contributed by atoms with Gasteiger partial charge in [-0.3, -0.25) is 9.80 Å². The lowest BCUT2D eigenvalue weighted by Crippen LogP contribution is -2.32. The fourth-order valence-electron chi connectivity index (χ4n) is 3.98. The Bertz CT molecular complexity index is 614. The number of nitrogens with zero attached hydrogens (tertiary/aromatic N) is 4. The standard InChI is InChI=1S/C20H28N4/c1-5-11-23(12-6-1)15-19-20(16-24-13-7-2-8-14-24)22-18-10-4-3-9-17(18)21-19/h3-4,9-10H,1-2,5-8,11-16H2. The number of benzene rings is 1. The zero-order valence-electron chi connectivity index (χ0n) is 14.6. The minimum atomic E-state index is 0.959. The number of hydrogen-bond donors (Lipinski definition) is 0. The van der Waals surface area contributed by atoms with Gasteiger partial charge in [-0.25, -0.2) is 9.97 Å². The average molecular weight is 324 g/mol. The molecule has 128 valence electrons. The van der Waals surface area contributed by atoms with Crippen molar-refractivity contribution in [2.75, 3.05) is 26.2 Å². The molecule has 0 amide bonds. The SMILES string of the molecule is c1ccc2nc(CN3CCCCC3)c(CN3CCCCC3)nc2c1. The predicted octanol–water partition coefficient (Wildman–Crippen LogP) is 3.60. The molecule has 0 bridgehead atoms. The van der Waals surface area contributed by atoms with Gasteiger partial charge in [-0.1, -0.05) is 25.0 Å². The van der Waals surface area contributed by atoms with Crippen molar-refractivity contribution in [1.82, 2.24) is 19.8 Å². The quantitative estimate of drug-likeness (QED) is 0.860. The molecule has 2 aliphatic heterocycles. The van der Waals surface area contributed by atoms with Gasteiger partial charge in [0.05, 0.1) is 22.4 Å². The highest BCUT2D eigenvalue weighted by Crippen LogP contribution is 2.20. The molecule has 3 heterocycles. The van der Waals surface area contributed by atoms with Crippen molar-refractivity contribution < 1.29 is 0 Å². The summed E-state index contributed by atoms with van der Waals surface area (Å²) in [6, 6.07) is 8.30. The smallest absolute Gasteiger partial charge is 0.0890 e. The van der Waals surface area contributed by atoms with Gasteiger partial charge in [-0.2, -0.15) is 0 Å². The first kappa shape index (κ1) is 16.0. The largest absolute Gasteiger partial charge is 0.297 e. The molecule has 2 saturated heterocycles. The van der Waals surface area contributed by atoms with Crippen molar-refractivity contribution in [1.29, 1.82) is 0 Å². The van der Waals surface area contributed by atoms with E-state index in [9.17, 15) is 0 Å². The van der Waals surface area contributed by atoms with E-state index in [4.69, 9.17) is 9.97 Å². The second kappa shape index (κ2) is 7.58. The van der Waals surface area contributed by atoms with Crippen LogP contribution in [0.15, 0.2) is 24.3 Å². The van der Waals surface area contributed by atoms with Gasteiger partial charge in [-0.15, -0.1) is 0 Å². The molecule has 0 aliphatic carbocycles. The lowest BCUT2D eigenvalue weighted by molar-refractivity contribution is 0.206. The number of aromatic nitrogens is 2. The monoisotopic (exact) mass is 324 g/mol. The molecule has 2 aliphatic rings. The van der Waals surface area contributed by atoms with Crippen molar-refractivity contribution in [2.45, 2.75) is 51.6 Å². The van der Waals surface area contributed by atoms with Crippen LogP contribution in [-0.2, 0) is 13.1 Å². The van der Waals surface area contributed by atoms with E-state index in [0.29, 0.717) is 0 Å². The Balaban J connectivity index is 1.61. The summed E-state index contributed by atoms with van der Waals surface area (Å²) in [5, 5.41) is 0. The van der Waals surface area contributed by atoms with E-state index < -0.39 is 0 Å². The van der Waals surface area contributed by atoms with Crippen LogP contribution in [0, 0.1) is 0 Å². The Hall–Kier alpha value is -1.52. The second-order valence-electron chi connectivity index (χ2n) is 7.28. The van der Waals surface area contributed by atoms with E-state index in [1.54, 1.807) is 0 Å². The summed E-state index contributed by atoms with van der Waals surface area (Å²) >= 11 is 0. The summed E-state index contributed by atoms with van der Waals surface area (Å²) in [6.07, 6.45) is 8.04. The zero-order chi connectivity index (χ0) is 16.2. The van der Waals surface area contributed by atoms with E-state index in [1.165, 1.54) is 76.1 Å². The molecule has 0 atom stereocenters. The van der Waals surface area contributed by atoms with Crippen molar-refractivity contribution in [3.63, 3.8) is 0 Å². The Kier molecular flexibility index (Phi) is 5.04. The van der Waals surface area contributed by atoms with Crippen molar-refractivity contribution in [3.05, 3.63) is 35.7 Å². The van der Waals surface area contributed by atoms with Gasteiger partial charge < -0.3 is 0 Å². The topological polar surface area (TPSA) is 32.3 Å². The van der Waals surface area contributed by atoms with Crippen LogP contribution >= 0.6 is 0 Å². The van der Waals surface area contributed by atoms with Gasteiger partial charge in [0.2, 0.25) is 0 Å². The Morgan fingerprint density at radius 1 is 0.625 bits per heavy atom. The van der Waals surface area contributed by atoms with Crippen LogP contribution in [0.5, 0.6) is 0 Å². The van der Waals surface area contributed by atoms with Crippen LogP contribution in [0.2, 0.25) is 0 Å². The summed E-state index contributed by atoms with van der Waals surface area (Å²) in [4.78, 5) is 15.1. The molecule has 0 spiro atoms. The highest BCUT2D eigenvalue weighted by molar-refractivity contribution is 5.74. The first-order valence-electron chi connectivity index (χ1n) is 9.58.